The lowest BCUT2D eigenvalue weighted by Gasteiger charge is -2.11. The van der Waals surface area contributed by atoms with Gasteiger partial charge in [0.15, 0.2) is 9.84 Å². The first-order valence-corrected chi connectivity index (χ1v) is 10.3. The second-order valence-electron chi connectivity index (χ2n) is 6.56. The molecule has 1 atom stereocenters. The number of carbonyl (C=O) groups excluding carboxylic acids is 1. The monoisotopic (exact) mass is 383 g/mol. The van der Waals surface area contributed by atoms with Crippen LogP contribution in [0, 0.1) is 0 Å². The Morgan fingerprint density at radius 2 is 1.93 bits per heavy atom. The smallest absolute Gasteiger partial charge is 0.265 e. The zero-order valence-electron chi connectivity index (χ0n) is 14.3. The summed E-state index contributed by atoms with van der Waals surface area (Å²) in [5.41, 5.74) is 1.25. The quantitative estimate of drug-likeness (QED) is 0.735. The van der Waals surface area contributed by atoms with E-state index in [0.717, 1.165) is 0 Å². The van der Waals surface area contributed by atoms with E-state index in [-0.39, 0.29) is 29.0 Å². The maximum absolute atomic E-state index is 12.7. The van der Waals surface area contributed by atoms with Gasteiger partial charge in [-0.3, -0.25) is 14.2 Å². The Balaban J connectivity index is 1.63. The molecule has 8 heteroatoms. The van der Waals surface area contributed by atoms with E-state index in [1.165, 1.54) is 10.9 Å². The highest BCUT2D eigenvalue weighted by Gasteiger charge is 2.29. The highest BCUT2D eigenvalue weighted by atomic mass is 32.2. The molecule has 1 aromatic heterocycles. The average molecular weight is 383 g/mol. The largest absolute Gasteiger partial charge is 0.348 e. The summed E-state index contributed by atoms with van der Waals surface area (Å²) in [6, 6.07) is 13.5. The molecule has 27 heavy (non-hydrogen) atoms. The molecule has 0 aliphatic carbocycles. The Morgan fingerprint density at radius 3 is 2.63 bits per heavy atom. The van der Waals surface area contributed by atoms with Crippen LogP contribution in [0.4, 0.5) is 0 Å². The number of nitrogens with zero attached hydrogens (tertiary/aromatic N) is 2. The van der Waals surface area contributed by atoms with Crippen molar-refractivity contribution in [1.82, 2.24) is 14.9 Å². The summed E-state index contributed by atoms with van der Waals surface area (Å²) in [5, 5.41) is 3.14. The Morgan fingerprint density at radius 1 is 1.15 bits per heavy atom. The molecule has 1 amide bonds. The molecular formula is C19H17N3O4S. The fourth-order valence-electron chi connectivity index (χ4n) is 3.21. The van der Waals surface area contributed by atoms with E-state index in [4.69, 9.17) is 0 Å². The fourth-order valence-corrected chi connectivity index (χ4v) is 4.89. The first-order valence-electron chi connectivity index (χ1n) is 8.51. The number of hydrogen-bond acceptors (Lipinski definition) is 5. The third-order valence-corrected chi connectivity index (χ3v) is 6.39. The van der Waals surface area contributed by atoms with Crippen LogP contribution in [-0.2, 0) is 9.84 Å². The number of amides is 1. The van der Waals surface area contributed by atoms with Crippen molar-refractivity contribution in [2.75, 3.05) is 11.5 Å². The first-order chi connectivity index (χ1) is 12.9. The van der Waals surface area contributed by atoms with Gasteiger partial charge in [-0.05, 0) is 36.8 Å². The van der Waals surface area contributed by atoms with E-state index >= 15 is 0 Å². The van der Waals surface area contributed by atoms with Gasteiger partial charge in [-0.15, -0.1) is 0 Å². The van der Waals surface area contributed by atoms with Crippen molar-refractivity contribution in [2.45, 2.75) is 12.5 Å². The van der Waals surface area contributed by atoms with E-state index in [9.17, 15) is 18.0 Å². The van der Waals surface area contributed by atoms with Gasteiger partial charge in [0.1, 0.15) is 6.33 Å². The van der Waals surface area contributed by atoms with Crippen LogP contribution >= 0.6 is 0 Å². The van der Waals surface area contributed by atoms with Gasteiger partial charge in [0.25, 0.3) is 11.5 Å². The standard InChI is InChI=1S/C19H17N3O4S/c23-18(21-14-8-9-27(25,26)11-14)13-6-7-16-17(10-13)20-12-22(19(16)24)15-4-2-1-3-5-15/h1-7,10,12,14H,8-9,11H2,(H,21,23)/t14-/m0/s1. The molecule has 3 aromatic rings. The zero-order valence-corrected chi connectivity index (χ0v) is 15.1. The summed E-state index contributed by atoms with van der Waals surface area (Å²) in [7, 11) is -3.07. The molecule has 2 heterocycles. The van der Waals surface area contributed by atoms with Crippen molar-refractivity contribution >= 4 is 26.6 Å². The molecule has 1 aliphatic heterocycles. The van der Waals surface area contributed by atoms with Crippen molar-refractivity contribution in [3.8, 4) is 5.69 Å². The third-order valence-electron chi connectivity index (χ3n) is 4.62. The molecular weight excluding hydrogens is 366 g/mol. The van der Waals surface area contributed by atoms with Crippen molar-refractivity contribution in [3.63, 3.8) is 0 Å². The van der Waals surface area contributed by atoms with Crippen molar-refractivity contribution in [1.29, 1.82) is 0 Å². The van der Waals surface area contributed by atoms with Gasteiger partial charge in [-0.25, -0.2) is 13.4 Å². The summed E-state index contributed by atoms with van der Waals surface area (Å²) in [6.07, 6.45) is 1.85. The van der Waals surface area contributed by atoms with Gasteiger partial charge in [-0.1, -0.05) is 18.2 Å². The molecule has 1 saturated heterocycles. The minimum absolute atomic E-state index is 0.0354. The molecule has 7 nitrogen and oxygen atoms in total. The predicted molar refractivity (Wildman–Crippen MR) is 102 cm³/mol. The van der Waals surface area contributed by atoms with E-state index in [2.05, 4.69) is 10.3 Å². The molecule has 0 saturated carbocycles. The molecule has 0 spiro atoms. The van der Waals surface area contributed by atoms with E-state index in [1.54, 1.807) is 18.2 Å². The Labute approximate surface area is 155 Å². The third kappa shape index (κ3) is 3.48. The lowest BCUT2D eigenvalue weighted by Crippen LogP contribution is -2.35. The predicted octanol–water partition coefficient (Wildman–Crippen LogP) is 1.30. The number of nitrogens with one attached hydrogen (secondary N) is 1. The highest BCUT2D eigenvalue weighted by Crippen LogP contribution is 2.15. The lowest BCUT2D eigenvalue weighted by molar-refractivity contribution is 0.0941. The number of benzene rings is 2. The van der Waals surface area contributed by atoms with E-state index < -0.39 is 9.84 Å². The second-order valence-corrected chi connectivity index (χ2v) is 8.79. The average Bonchev–Trinajstić information content (AvgIpc) is 3.00. The van der Waals surface area contributed by atoms with Crippen molar-refractivity contribution in [2.24, 2.45) is 0 Å². The van der Waals surface area contributed by atoms with Crippen LogP contribution < -0.4 is 10.9 Å². The fraction of sp³-hybridized carbons (Fsp3) is 0.211. The van der Waals surface area contributed by atoms with Gasteiger partial charge in [0, 0.05) is 11.6 Å². The zero-order chi connectivity index (χ0) is 19.0. The van der Waals surface area contributed by atoms with Crippen LogP contribution in [0.15, 0.2) is 59.7 Å². The number of sulfone groups is 1. The summed E-state index contributed by atoms with van der Waals surface area (Å²) >= 11 is 0. The molecule has 0 bridgehead atoms. The van der Waals surface area contributed by atoms with Crippen LogP contribution in [0.25, 0.3) is 16.6 Å². The SMILES string of the molecule is O=C(N[C@H]1CCS(=O)(=O)C1)c1ccc2c(=O)n(-c3ccccc3)cnc2c1. The molecule has 1 fully saturated rings. The summed E-state index contributed by atoms with van der Waals surface area (Å²) < 4.78 is 24.5. The molecule has 0 unspecified atom stereocenters. The number of aromatic nitrogens is 2. The van der Waals surface area contributed by atoms with Crippen molar-refractivity contribution in [3.05, 3.63) is 70.8 Å². The molecule has 138 valence electrons. The van der Waals surface area contributed by atoms with E-state index in [1.807, 2.05) is 30.3 Å². The maximum atomic E-state index is 12.7. The molecule has 0 radical (unpaired) electrons. The molecule has 1 aliphatic rings. The molecule has 2 aromatic carbocycles. The Hall–Kier alpha value is -3.00. The Bertz CT molecular complexity index is 1190. The van der Waals surface area contributed by atoms with Crippen LogP contribution in [-0.4, -0.2) is 41.4 Å². The number of rotatable bonds is 3. The van der Waals surface area contributed by atoms with Crippen LogP contribution in [0.3, 0.4) is 0 Å². The highest BCUT2D eigenvalue weighted by molar-refractivity contribution is 7.91. The summed E-state index contributed by atoms with van der Waals surface area (Å²) in [6.45, 7) is 0. The minimum atomic E-state index is -3.07. The number of carbonyl (C=O) groups is 1. The minimum Gasteiger partial charge on any atom is -0.348 e. The van der Waals surface area contributed by atoms with Crippen LogP contribution in [0.1, 0.15) is 16.8 Å². The summed E-state index contributed by atoms with van der Waals surface area (Å²) in [5.74, 6) is -0.309. The number of hydrogen-bond donors (Lipinski definition) is 1. The Kier molecular flexibility index (Phi) is 4.27. The normalized spacial score (nSPS) is 18.4. The first kappa shape index (κ1) is 17.4. The molecule has 4 rings (SSSR count). The number of para-hydroxylation sites is 1. The maximum Gasteiger partial charge on any atom is 0.265 e. The van der Waals surface area contributed by atoms with Gasteiger partial charge < -0.3 is 5.32 Å². The van der Waals surface area contributed by atoms with Crippen LogP contribution in [0.2, 0.25) is 0 Å². The van der Waals surface area contributed by atoms with Crippen LogP contribution in [0.5, 0.6) is 0 Å². The molecule has 1 N–H and O–H groups in total. The van der Waals surface area contributed by atoms with Gasteiger partial charge in [0.2, 0.25) is 0 Å². The topological polar surface area (TPSA) is 98.1 Å². The van der Waals surface area contributed by atoms with Gasteiger partial charge in [0.05, 0.1) is 28.1 Å². The van der Waals surface area contributed by atoms with E-state index in [0.29, 0.717) is 28.6 Å². The summed E-state index contributed by atoms with van der Waals surface area (Å²) in [4.78, 5) is 29.4. The second kappa shape index (κ2) is 6.62. The number of fused-ring (bicyclic) bond motifs is 1. The lowest BCUT2D eigenvalue weighted by atomic mass is 10.1. The van der Waals surface area contributed by atoms with Crippen molar-refractivity contribution < 1.29 is 13.2 Å². The van der Waals surface area contributed by atoms with Gasteiger partial charge in [-0.2, -0.15) is 0 Å². The van der Waals surface area contributed by atoms with Gasteiger partial charge >= 0.3 is 0 Å².